The smallest absolute Gasteiger partial charge is 0.311 e. The van der Waals surface area contributed by atoms with E-state index in [0.29, 0.717) is 17.8 Å². The van der Waals surface area contributed by atoms with Crippen LogP contribution in [-0.2, 0) is 14.3 Å². The van der Waals surface area contributed by atoms with Crippen LogP contribution in [0.2, 0.25) is 0 Å². The Morgan fingerprint density at radius 2 is 2.32 bits per heavy atom. The Balaban J connectivity index is 1.99. The number of H-pyrrole nitrogens is 1. The van der Waals surface area contributed by atoms with Crippen LogP contribution in [0.5, 0.6) is 0 Å². The molecule has 0 saturated carbocycles. The number of nitrogen functional groups attached to an aromatic ring is 1. The number of carbonyl (C=O) groups excluding carboxylic acids is 1. The molecule has 1 fully saturated rings. The van der Waals surface area contributed by atoms with E-state index in [1.54, 1.807) is 0 Å². The SMILES string of the molecule is CCC(OC(C)=O)[C@@H]1C[C@@H](O)[C@H](n2c(=O)sc3c(=O)[nH]c(N)nc32)O1. The van der Waals surface area contributed by atoms with Gasteiger partial charge in [0.25, 0.3) is 5.56 Å². The van der Waals surface area contributed by atoms with E-state index in [0.717, 1.165) is 4.57 Å². The second-order valence-corrected chi connectivity index (χ2v) is 6.73. The number of nitrogens with zero attached hydrogens (tertiary/aromatic N) is 2. The Hall–Kier alpha value is -2.24. The number of aliphatic hydroxyl groups is 1. The molecule has 1 saturated heterocycles. The number of rotatable bonds is 4. The van der Waals surface area contributed by atoms with Gasteiger partial charge in [0.1, 0.15) is 16.9 Å². The summed E-state index contributed by atoms with van der Waals surface area (Å²) >= 11 is 0.698. The van der Waals surface area contributed by atoms with Gasteiger partial charge in [-0.3, -0.25) is 23.9 Å². The molecule has 0 aromatic carbocycles. The molecular formula is C14H18N4O6S. The molecule has 11 heteroatoms. The molecule has 1 aliphatic rings. The highest BCUT2D eigenvalue weighted by atomic mass is 32.1. The van der Waals surface area contributed by atoms with Gasteiger partial charge in [-0.15, -0.1) is 0 Å². The van der Waals surface area contributed by atoms with Crippen molar-refractivity contribution >= 4 is 33.6 Å². The van der Waals surface area contributed by atoms with Gasteiger partial charge in [-0.2, -0.15) is 4.98 Å². The van der Waals surface area contributed by atoms with Crippen molar-refractivity contribution in [1.82, 2.24) is 14.5 Å². The van der Waals surface area contributed by atoms with Crippen LogP contribution in [0.15, 0.2) is 9.59 Å². The summed E-state index contributed by atoms with van der Waals surface area (Å²) < 4.78 is 12.2. The largest absolute Gasteiger partial charge is 0.460 e. The summed E-state index contributed by atoms with van der Waals surface area (Å²) in [6.45, 7) is 3.12. The molecule has 136 valence electrons. The van der Waals surface area contributed by atoms with E-state index in [2.05, 4.69) is 9.97 Å². The van der Waals surface area contributed by atoms with Gasteiger partial charge in [-0.25, -0.2) is 0 Å². The lowest BCUT2D eigenvalue weighted by Gasteiger charge is -2.22. The number of aliphatic hydroxyl groups excluding tert-OH is 1. The first-order valence-corrected chi connectivity index (χ1v) is 8.55. The zero-order valence-electron chi connectivity index (χ0n) is 13.6. The minimum atomic E-state index is -1.04. The number of anilines is 1. The molecule has 25 heavy (non-hydrogen) atoms. The number of hydrogen-bond acceptors (Lipinski definition) is 9. The van der Waals surface area contributed by atoms with Crippen molar-refractivity contribution in [3.8, 4) is 0 Å². The first-order valence-electron chi connectivity index (χ1n) is 7.73. The van der Waals surface area contributed by atoms with Gasteiger partial charge >= 0.3 is 10.8 Å². The number of esters is 1. The molecule has 1 aliphatic heterocycles. The summed E-state index contributed by atoms with van der Waals surface area (Å²) in [6.07, 6.45) is -2.50. The zero-order valence-corrected chi connectivity index (χ0v) is 14.4. The normalized spacial score (nSPS) is 24.5. The van der Waals surface area contributed by atoms with E-state index in [1.165, 1.54) is 6.92 Å². The third-order valence-corrected chi connectivity index (χ3v) is 4.94. The molecule has 0 radical (unpaired) electrons. The van der Waals surface area contributed by atoms with E-state index in [-0.39, 0.29) is 22.7 Å². The van der Waals surface area contributed by atoms with Gasteiger partial charge in [0.15, 0.2) is 11.9 Å². The fraction of sp³-hybridized carbons (Fsp3) is 0.571. The van der Waals surface area contributed by atoms with Crippen LogP contribution in [-0.4, -0.2) is 43.9 Å². The van der Waals surface area contributed by atoms with E-state index in [9.17, 15) is 19.5 Å². The number of thiazole rings is 1. The van der Waals surface area contributed by atoms with Crippen LogP contribution < -0.4 is 16.2 Å². The zero-order chi connectivity index (χ0) is 18.3. The van der Waals surface area contributed by atoms with Crippen molar-refractivity contribution in [1.29, 1.82) is 0 Å². The summed E-state index contributed by atoms with van der Waals surface area (Å²) in [6, 6.07) is 0. The first kappa shape index (κ1) is 17.6. The molecule has 1 unspecified atom stereocenters. The second-order valence-electron chi connectivity index (χ2n) is 5.77. The molecule has 3 rings (SSSR count). The second kappa shape index (κ2) is 6.58. The average molecular weight is 370 g/mol. The Bertz CT molecular complexity index is 918. The number of carbonyl (C=O) groups is 1. The van der Waals surface area contributed by atoms with Crippen molar-refractivity contribution < 1.29 is 19.4 Å². The quantitative estimate of drug-likeness (QED) is 0.622. The molecule has 4 N–H and O–H groups in total. The monoisotopic (exact) mass is 370 g/mol. The van der Waals surface area contributed by atoms with Gasteiger partial charge in [0.05, 0.1) is 6.10 Å². The Morgan fingerprint density at radius 1 is 1.60 bits per heavy atom. The maximum absolute atomic E-state index is 12.3. The van der Waals surface area contributed by atoms with Gasteiger partial charge in [-0.05, 0) is 6.42 Å². The lowest BCUT2D eigenvalue weighted by Crippen LogP contribution is -2.31. The fourth-order valence-electron chi connectivity index (χ4n) is 2.96. The summed E-state index contributed by atoms with van der Waals surface area (Å²) in [5.41, 5.74) is 5.08. The van der Waals surface area contributed by atoms with Gasteiger partial charge < -0.3 is 20.3 Å². The van der Waals surface area contributed by atoms with E-state index >= 15 is 0 Å². The molecule has 0 aliphatic carbocycles. The maximum atomic E-state index is 12.3. The van der Waals surface area contributed by atoms with Gasteiger partial charge in [0.2, 0.25) is 5.95 Å². The maximum Gasteiger partial charge on any atom is 0.311 e. The molecule has 3 heterocycles. The minimum absolute atomic E-state index is 0.0569. The third-order valence-electron chi connectivity index (χ3n) is 4.00. The number of ether oxygens (including phenoxy) is 2. The molecule has 0 bridgehead atoms. The number of aromatic amines is 1. The topological polar surface area (TPSA) is 150 Å². The van der Waals surface area contributed by atoms with Crippen molar-refractivity contribution in [3.05, 3.63) is 20.0 Å². The summed E-state index contributed by atoms with van der Waals surface area (Å²) in [5.74, 6) is -0.591. The standard InChI is InChI=1S/C14H18N4O6S/c1-3-7(23-5(2)19)8-4-6(20)12(24-8)18-10-9(25-14(18)22)11(21)17-13(15)16-10/h6-8,12,20H,3-4H2,1-2H3,(H3,15,16,17,21)/t6-,7?,8+,12-/m1/s1. The number of nitrogens with one attached hydrogen (secondary N) is 1. The van der Waals surface area contributed by atoms with Crippen LogP contribution in [0.4, 0.5) is 5.95 Å². The van der Waals surface area contributed by atoms with E-state index in [1.807, 2.05) is 6.92 Å². The van der Waals surface area contributed by atoms with Crippen molar-refractivity contribution in [2.75, 3.05) is 5.73 Å². The number of aromatic nitrogens is 3. The van der Waals surface area contributed by atoms with Gasteiger partial charge in [0, 0.05) is 13.3 Å². The number of hydrogen-bond donors (Lipinski definition) is 3. The van der Waals surface area contributed by atoms with Crippen molar-refractivity contribution in [2.45, 2.75) is 51.2 Å². The lowest BCUT2D eigenvalue weighted by molar-refractivity contribution is -0.156. The predicted octanol–water partition coefficient (Wildman–Crippen LogP) is -0.281. The van der Waals surface area contributed by atoms with Crippen molar-refractivity contribution in [3.63, 3.8) is 0 Å². The van der Waals surface area contributed by atoms with Gasteiger partial charge in [-0.1, -0.05) is 18.3 Å². The van der Waals surface area contributed by atoms with Crippen LogP contribution in [0.25, 0.3) is 10.3 Å². The minimum Gasteiger partial charge on any atom is -0.460 e. The summed E-state index contributed by atoms with van der Waals surface area (Å²) in [4.78, 5) is 41.3. The molecular weight excluding hydrogens is 352 g/mol. The fourth-order valence-corrected chi connectivity index (χ4v) is 3.80. The molecule has 2 aromatic rings. The number of nitrogens with two attached hydrogens (primary N) is 1. The van der Waals surface area contributed by atoms with Crippen LogP contribution >= 0.6 is 11.3 Å². The van der Waals surface area contributed by atoms with Crippen LogP contribution in [0, 0.1) is 0 Å². The molecule has 0 spiro atoms. The van der Waals surface area contributed by atoms with Crippen LogP contribution in [0.1, 0.15) is 32.9 Å². The third kappa shape index (κ3) is 3.17. The lowest BCUT2D eigenvalue weighted by atomic mass is 10.1. The van der Waals surface area contributed by atoms with E-state index < -0.39 is 40.9 Å². The molecule has 4 atom stereocenters. The highest BCUT2D eigenvalue weighted by molar-refractivity contribution is 7.16. The first-order chi connectivity index (χ1) is 11.8. The summed E-state index contributed by atoms with van der Waals surface area (Å²) in [7, 11) is 0. The summed E-state index contributed by atoms with van der Waals surface area (Å²) in [5, 5.41) is 10.4. The highest BCUT2D eigenvalue weighted by Gasteiger charge is 2.41. The Kier molecular flexibility index (Phi) is 4.62. The molecule has 10 nitrogen and oxygen atoms in total. The van der Waals surface area contributed by atoms with Crippen molar-refractivity contribution in [2.24, 2.45) is 0 Å². The van der Waals surface area contributed by atoms with Crippen LogP contribution in [0.3, 0.4) is 0 Å². The molecule has 2 aromatic heterocycles. The highest BCUT2D eigenvalue weighted by Crippen LogP contribution is 2.33. The Morgan fingerprint density at radius 3 is 2.96 bits per heavy atom. The molecule has 0 amide bonds. The number of fused-ring (bicyclic) bond motifs is 1. The average Bonchev–Trinajstić information content (AvgIpc) is 3.04. The Labute approximate surface area is 145 Å². The predicted molar refractivity (Wildman–Crippen MR) is 89.3 cm³/mol. The van der Waals surface area contributed by atoms with E-state index in [4.69, 9.17) is 15.2 Å².